The van der Waals surface area contributed by atoms with Crippen molar-refractivity contribution >= 4 is 0 Å². The first-order valence-corrected chi connectivity index (χ1v) is 7.92. The Labute approximate surface area is 128 Å². The third kappa shape index (κ3) is 3.30. The average Bonchev–Trinajstić information content (AvgIpc) is 2.53. The van der Waals surface area contributed by atoms with Crippen molar-refractivity contribution in [1.29, 1.82) is 0 Å². The molecule has 0 unspecified atom stereocenters. The Morgan fingerprint density at radius 3 is 1.95 bits per heavy atom. The molecule has 0 spiro atoms. The van der Waals surface area contributed by atoms with Gasteiger partial charge in [-0.1, -0.05) is 19.8 Å². The van der Waals surface area contributed by atoms with Crippen LogP contribution < -0.4 is 0 Å². The molecule has 2 nitrogen and oxygen atoms in total. The summed E-state index contributed by atoms with van der Waals surface area (Å²) in [5.41, 5.74) is 0.187. The second-order valence-corrected chi connectivity index (χ2v) is 6.58. The van der Waals surface area contributed by atoms with Crippen LogP contribution in [0.2, 0.25) is 0 Å². The van der Waals surface area contributed by atoms with Gasteiger partial charge in [0.15, 0.2) is 23.7 Å². The molecule has 0 N–H and O–H groups in total. The van der Waals surface area contributed by atoms with Gasteiger partial charge in [0.2, 0.25) is 0 Å². The van der Waals surface area contributed by atoms with Crippen LogP contribution in [-0.4, -0.2) is 13.2 Å². The zero-order valence-electron chi connectivity index (χ0n) is 12.7. The topological polar surface area (TPSA) is 18.5 Å². The van der Waals surface area contributed by atoms with E-state index in [9.17, 15) is 13.2 Å². The highest BCUT2D eigenvalue weighted by Gasteiger charge is 2.32. The van der Waals surface area contributed by atoms with E-state index in [4.69, 9.17) is 9.47 Å². The number of rotatable bonds is 2. The molecule has 0 bridgehead atoms. The molecule has 2 aliphatic rings. The van der Waals surface area contributed by atoms with E-state index in [0.717, 1.165) is 18.1 Å². The van der Waals surface area contributed by atoms with Crippen molar-refractivity contribution in [3.8, 4) is 0 Å². The lowest BCUT2D eigenvalue weighted by molar-refractivity contribution is -0.214. The quantitative estimate of drug-likeness (QED) is 0.743. The third-order valence-electron chi connectivity index (χ3n) is 4.93. The fraction of sp³-hybridized carbons (Fsp3) is 0.647. The van der Waals surface area contributed by atoms with E-state index in [1.807, 2.05) is 0 Å². The molecule has 1 saturated heterocycles. The Morgan fingerprint density at radius 2 is 1.41 bits per heavy atom. The largest absolute Gasteiger partial charge is 0.348 e. The Bertz CT molecular complexity index is 496. The first-order chi connectivity index (χ1) is 10.5. The van der Waals surface area contributed by atoms with Crippen LogP contribution >= 0.6 is 0 Å². The minimum atomic E-state index is -1.46. The fourth-order valence-corrected chi connectivity index (χ4v) is 3.45. The van der Waals surface area contributed by atoms with E-state index in [-0.39, 0.29) is 5.56 Å². The molecule has 1 aliphatic heterocycles. The number of halogens is 3. The van der Waals surface area contributed by atoms with Crippen LogP contribution in [0.5, 0.6) is 0 Å². The first kappa shape index (κ1) is 15.8. The second-order valence-electron chi connectivity index (χ2n) is 6.58. The van der Waals surface area contributed by atoms with E-state index < -0.39 is 23.7 Å². The van der Waals surface area contributed by atoms with Crippen molar-refractivity contribution in [2.45, 2.75) is 38.9 Å². The molecule has 0 radical (unpaired) electrons. The highest BCUT2D eigenvalue weighted by molar-refractivity contribution is 5.20. The summed E-state index contributed by atoms with van der Waals surface area (Å²) in [5, 5.41) is 0. The minimum absolute atomic E-state index is 0.187. The Hall–Kier alpha value is -1.07. The minimum Gasteiger partial charge on any atom is -0.348 e. The van der Waals surface area contributed by atoms with Crippen LogP contribution in [0.25, 0.3) is 0 Å². The Kier molecular flexibility index (Phi) is 4.73. The number of hydrogen-bond acceptors (Lipinski definition) is 2. The SMILES string of the molecule is CC1CCC(C2COC(c3cc(F)c(F)c(F)c3)OC2)CC1. The van der Waals surface area contributed by atoms with Crippen molar-refractivity contribution in [3.05, 3.63) is 35.1 Å². The number of ether oxygens (including phenoxy) is 2. The zero-order valence-corrected chi connectivity index (χ0v) is 12.7. The van der Waals surface area contributed by atoms with Crippen molar-refractivity contribution in [2.75, 3.05) is 13.2 Å². The van der Waals surface area contributed by atoms with Gasteiger partial charge in [0.05, 0.1) is 13.2 Å². The molecule has 3 rings (SSSR count). The number of hydrogen-bond donors (Lipinski definition) is 0. The molecule has 2 fully saturated rings. The summed E-state index contributed by atoms with van der Waals surface area (Å²) in [4.78, 5) is 0. The molecular formula is C17H21F3O2. The van der Waals surface area contributed by atoms with Gasteiger partial charge in [0.25, 0.3) is 0 Å². The van der Waals surface area contributed by atoms with Gasteiger partial charge in [-0.2, -0.15) is 0 Å². The summed E-state index contributed by atoms with van der Waals surface area (Å²) >= 11 is 0. The second kappa shape index (κ2) is 6.59. The van der Waals surface area contributed by atoms with Gasteiger partial charge in [0, 0.05) is 11.5 Å². The fourth-order valence-electron chi connectivity index (χ4n) is 3.45. The Balaban J connectivity index is 1.60. The summed E-state index contributed by atoms with van der Waals surface area (Å²) in [6.07, 6.45) is 4.02. The predicted molar refractivity (Wildman–Crippen MR) is 75.6 cm³/mol. The molecular weight excluding hydrogens is 293 g/mol. The van der Waals surface area contributed by atoms with Gasteiger partial charge < -0.3 is 9.47 Å². The van der Waals surface area contributed by atoms with Gasteiger partial charge in [0.1, 0.15) is 0 Å². The van der Waals surface area contributed by atoms with Crippen molar-refractivity contribution in [2.24, 2.45) is 17.8 Å². The maximum absolute atomic E-state index is 13.3. The standard InChI is InChI=1S/C17H21F3O2/c1-10-2-4-11(5-3-10)13-8-21-17(22-9-13)12-6-14(18)16(20)15(19)7-12/h6-7,10-11,13,17H,2-5,8-9H2,1H3. The average molecular weight is 314 g/mol. The number of benzene rings is 1. The van der Waals surface area contributed by atoms with Gasteiger partial charge in [-0.3, -0.25) is 0 Å². The van der Waals surface area contributed by atoms with E-state index >= 15 is 0 Å². The van der Waals surface area contributed by atoms with Gasteiger partial charge in [-0.05, 0) is 36.8 Å². The normalized spacial score (nSPS) is 32.9. The van der Waals surface area contributed by atoms with E-state index in [0.29, 0.717) is 25.0 Å². The molecule has 22 heavy (non-hydrogen) atoms. The molecule has 1 aliphatic carbocycles. The Morgan fingerprint density at radius 1 is 0.864 bits per heavy atom. The van der Waals surface area contributed by atoms with Crippen LogP contribution in [-0.2, 0) is 9.47 Å². The van der Waals surface area contributed by atoms with Crippen LogP contribution in [0.15, 0.2) is 12.1 Å². The highest BCUT2D eigenvalue weighted by Crippen LogP contribution is 2.37. The van der Waals surface area contributed by atoms with Crippen LogP contribution in [0.1, 0.15) is 44.5 Å². The monoisotopic (exact) mass is 314 g/mol. The van der Waals surface area contributed by atoms with Crippen LogP contribution in [0, 0.1) is 35.2 Å². The molecule has 0 atom stereocenters. The summed E-state index contributed by atoms with van der Waals surface area (Å²) in [6, 6.07) is 1.87. The van der Waals surface area contributed by atoms with E-state index in [1.54, 1.807) is 0 Å². The molecule has 1 saturated carbocycles. The molecule has 1 aromatic carbocycles. The third-order valence-corrected chi connectivity index (χ3v) is 4.93. The van der Waals surface area contributed by atoms with E-state index in [2.05, 4.69) is 6.92 Å². The van der Waals surface area contributed by atoms with Crippen LogP contribution in [0.4, 0.5) is 13.2 Å². The van der Waals surface area contributed by atoms with Crippen molar-refractivity contribution in [1.82, 2.24) is 0 Å². The lowest BCUT2D eigenvalue weighted by Gasteiger charge is -2.37. The zero-order chi connectivity index (χ0) is 15.7. The molecule has 5 heteroatoms. The van der Waals surface area contributed by atoms with Gasteiger partial charge >= 0.3 is 0 Å². The molecule has 122 valence electrons. The first-order valence-electron chi connectivity index (χ1n) is 7.92. The molecule has 1 aromatic rings. The molecule has 1 heterocycles. The van der Waals surface area contributed by atoms with Gasteiger partial charge in [-0.25, -0.2) is 13.2 Å². The molecule has 0 aromatic heterocycles. The smallest absolute Gasteiger partial charge is 0.194 e. The van der Waals surface area contributed by atoms with Crippen molar-refractivity contribution in [3.63, 3.8) is 0 Å². The summed E-state index contributed by atoms with van der Waals surface area (Å²) in [5.74, 6) is -2.18. The van der Waals surface area contributed by atoms with Gasteiger partial charge in [-0.15, -0.1) is 0 Å². The van der Waals surface area contributed by atoms with E-state index in [1.165, 1.54) is 25.7 Å². The predicted octanol–water partition coefficient (Wildman–Crippen LogP) is 4.59. The summed E-state index contributed by atoms with van der Waals surface area (Å²) in [7, 11) is 0. The highest BCUT2D eigenvalue weighted by atomic mass is 19.2. The maximum atomic E-state index is 13.3. The lowest BCUT2D eigenvalue weighted by Crippen LogP contribution is -2.34. The maximum Gasteiger partial charge on any atom is 0.194 e. The summed E-state index contributed by atoms with van der Waals surface area (Å²) < 4.78 is 50.8. The van der Waals surface area contributed by atoms with Crippen LogP contribution in [0.3, 0.4) is 0 Å². The lowest BCUT2D eigenvalue weighted by atomic mass is 9.76. The van der Waals surface area contributed by atoms with Crippen molar-refractivity contribution < 1.29 is 22.6 Å². The molecule has 0 amide bonds. The summed E-state index contributed by atoms with van der Waals surface area (Å²) in [6.45, 7) is 3.31.